The monoisotopic (exact) mass is 326 g/mol. The molecular formula is C19H22N2OS. The Labute approximate surface area is 142 Å². The van der Waals surface area contributed by atoms with Gasteiger partial charge in [-0.05, 0) is 48.7 Å². The van der Waals surface area contributed by atoms with Crippen molar-refractivity contribution in [3.05, 3.63) is 59.4 Å². The summed E-state index contributed by atoms with van der Waals surface area (Å²) >= 11 is 4.42. The second kappa shape index (κ2) is 6.67. The molecule has 1 heterocycles. The van der Waals surface area contributed by atoms with Crippen LogP contribution >= 0.6 is 12.6 Å². The number of fused-ring (bicyclic) bond motifs is 1. The molecule has 0 spiro atoms. The normalized spacial score (nSPS) is 12.5. The number of aryl methyl sites for hydroxylation is 2. The second-order valence-electron chi connectivity index (χ2n) is 6.06. The van der Waals surface area contributed by atoms with Crippen LogP contribution in [0.3, 0.4) is 0 Å². The summed E-state index contributed by atoms with van der Waals surface area (Å²) in [7, 11) is 2.03. The molecule has 0 radical (unpaired) electrons. The molecule has 3 aromatic rings. The van der Waals surface area contributed by atoms with Crippen molar-refractivity contribution in [3.8, 4) is 5.75 Å². The highest BCUT2D eigenvalue weighted by atomic mass is 32.1. The van der Waals surface area contributed by atoms with Gasteiger partial charge < -0.3 is 9.30 Å². The van der Waals surface area contributed by atoms with E-state index in [1.165, 1.54) is 11.1 Å². The molecule has 0 saturated heterocycles. The Balaban J connectivity index is 1.72. The molecule has 0 saturated carbocycles. The van der Waals surface area contributed by atoms with Gasteiger partial charge in [-0.15, -0.1) is 0 Å². The van der Waals surface area contributed by atoms with Gasteiger partial charge in [-0.3, -0.25) is 0 Å². The van der Waals surface area contributed by atoms with E-state index in [-0.39, 0.29) is 0 Å². The lowest BCUT2D eigenvalue weighted by Crippen LogP contribution is -2.03. The maximum atomic E-state index is 5.89. The number of aromatic nitrogens is 2. The SMILES string of the molecule is Cc1ccc2nc(COc3ccc(CC(C)S)cc3)n(C)c2c1. The molecule has 3 nitrogen and oxygen atoms in total. The molecule has 0 aliphatic rings. The molecule has 0 fully saturated rings. The molecule has 4 heteroatoms. The van der Waals surface area contributed by atoms with Crippen LogP contribution in [0.2, 0.25) is 0 Å². The van der Waals surface area contributed by atoms with Crippen molar-refractivity contribution in [2.75, 3.05) is 0 Å². The predicted octanol–water partition coefficient (Wildman–Crippen LogP) is 4.32. The van der Waals surface area contributed by atoms with E-state index in [2.05, 4.69) is 66.4 Å². The molecule has 0 N–H and O–H groups in total. The largest absolute Gasteiger partial charge is 0.486 e. The molecule has 120 valence electrons. The van der Waals surface area contributed by atoms with E-state index in [1.807, 2.05) is 19.2 Å². The van der Waals surface area contributed by atoms with Crippen LogP contribution in [0.15, 0.2) is 42.5 Å². The van der Waals surface area contributed by atoms with Crippen LogP contribution in [0.5, 0.6) is 5.75 Å². The van der Waals surface area contributed by atoms with Crippen molar-refractivity contribution in [2.24, 2.45) is 7.05 Å². The van der Waals surface area contributed by atoms with Crippen molar-refractivity contribution in [1.29, 1.82) is 0 Å². The zero-order valence-electron chi connectivity index (χ0n) is 13.8. The number of benzene rings is 2. The fourth-order valence-corrected chi connectivity index (χ4v) is 2.90. The topological polar surface area (TPSA) is 27.1 Å². The summed E-state index contributed by atoms with van der Waals surface area (Å²) in [5.74, 6) is 1.79. The van der Waals surface area contributed by atoms with Gasteiger partial charge in [0.05, 0.1) is 11.0 Å². The van der Waals surface area contributed by atoms with Gasteiger partial charge >= 0.3 is 0 Å². The number of ether oxygens (including phenoxy) is 1. The number of thiol groups is 1. The summed E-state index contributed by atoms with van der Waals surface area (Å²) < 4.78 is 7.99. The summed E-state index contributed by atoms with van der Waals surface area (Å²) in [5.41, 5.74) is 4.66. The Kier molecular flexibility index (Phi) is 4.62. The second-order valence-corrected chi connectivity index (χ2v) is 6.95. The van der Waals surface area contributed by atoms with E-state index < -0.39 is 0 Å². The van der Waals surface area contributed by atoms with Gasteiger partial charge in [-0.1, -0.05) is 25.1 Å². The molecule has 1 unspecified atom stereocenters. The van der Waals surface area contributed by atoms with Crippen LogP contribution in [0.1, 0.15) is 23.9 Å². The summed E-state index contributed by atoms with van der Waals surface area (Å²) in [5, 5.41) is 0.366. The molecule has 0 amide bonds. The molecule has 1 atom stereocenters. The van der Waals surface area contributed by atoms with Crippen molar-refractivity contribution >= 4 is 23.7 Å². The highest BCUT2D eigenvalue weighted by Crippen LogP contribution is 2.19. The smallest absolute Gasteiger partial charge is 0.147 e. The van der Waals surface area contributed by atoms with Crippen LogP contribution in [0.25, 0.3) is 11.0 Å². The van der Waals surface area contributed by atoms with E-state index in [0.717, 1.165) is 29.0 Å². The first kappa shape index (κ1) is 15.9. The van der Waals surface area contributed by atoms with Crippen molar-refractivity contribution < 1.29 is 4.74 Å². The van der Waals surface area contributed by atoms with Gasteiger partial charge in [0, 0.05) is 12.3 Å². The van der Waals surface area contributed by atoms with E-state index in [1.54, 1.807) is 0 Å². The fraction of sp³-hybridized carbons (Fsp3) is 0.316. The first-order chi connectivity index (χ1) is 11.0. The zero-order valence-corrected chi connectivity index (χ0v) is 14.7. The maximum absolute atomic E-state index is 5.89. The minimum atomic E-state index is 0.366. The van der Waals surface area contributed by atoms with E-state index >= 15 is 0 Å². The predicted molar refractivity (Wildman–Crippen MR) is 98.4 cm³/mol. The van der Waals surface area contributed by atoms with Gasteiger partial charge in [-0.2, -0.15) is 12.6 Å². The Hall–Kier alpha value is -1.94. The van der Waals surface area contributed by atoms with E-state index in [0.29, 0.717) is 11.9 Å². The molecular weight excluding hydrogens is 304 g/mol. The minimum absolute atomic E-state index is 0.366. The van der Waals surface area contributed by atoms with Crippen molar-refractivity contribution in [1.82, 2.24) is 9.55 Å². The first-order valence-electron chi connectivity index (χ1n) is 7.84. The lowest BCUT2D eigenvalue weighted by molar-refractivity contribution is 0.292. The number of imidazole rings is 1. The van der Waals surface area contributed by atoms with Gasteiger partial charge in [0.25, 0.3) is 0 Å². The molecule has 23 heavy (non-hydrogen) atoms. The lowest BCUT2D eigenvalue weighted by atomic mass is 10.1. The lowest BCUT2D eigenvalue weighted by Gasteiger charge is -2.08. The Morgan fingerprint density at radius 3 is 2.61 bits per heavy atom. The number of nitrogens with zero attached hydrogens (tertiary/aromatic N) is 2. The van der Waals surface area contributed by atoms with Crippen molar-refractivity contribution in [3.63, 3.8) is 0 Å². The van der Waals surface area contributed by atoms with Crippen LogP contribution in [-0.4, -0.2) is 14.8 Å². The third kappa shape index (κ3) is 3.70. The fourth-order valence-electron chi connectivity index (χ4n) is 2.69. The maximum Gasteiger partial charge on any atom is 0.147 e. The average Bonchev–Trinajstić information content (AvgIpc) is 2.82. The Bertz CT molecular complexity index is 806. The highest BCUT2D eigenvalue weighted by Gasteiger charge is 2.08. The zero-order chi connectivity index (χ0) is 16.4. The van der Waals surface area contributed by atoms with E-state index in [4.69, 9.17) is 4.74 Å². The van der Waals surface area contributed by atoms with Gasteiger partial charge in [-0.25, -0.2) is 4.98 Å². The number of hydrogen-bond donors (Lipinski definition) is 1. The summed E-state index contributed by atoms with van der Waals surface area (Å²) in [4.78, 5) is 4.65. The van der Waals surface area contributed by atoms with Gasteiger partial charge in [0.15, 0.2) is 0 Å². The number of rotatable bonds is 5. The standard InChI is InChI=1S/C19H22N2OS/c1-13-4-9-17-18(10-13)21(3)19(20-17)12-22-16-7-5-15(6-8-16)11-14(2)23/h4-10,14,23H,11-12H2,1-3H3. The molecule has 0 aliphatic heterocycles. The third-order valence-electron chi connectivity index (χ3n) is 3.95. The van der Waals surface area contributed by atoms with Crippen LogP contribution in [-0.2, 0) is 20.1 Å². The first-order valence-corrected chi connectivity index (χ1v) is 8.36. The van der Waals surface area contributed by atoms with Crippen LogP contribution in [0.4, 0.5) is 0 Å². The highest BCUT2D eigenvalue weighted by molar-refractivity contribution is 7.80. The molecule has 2 aromatic carbocycles. The molecule has 3 rings (SSSR count). The van der Waals surface area contributed by atoms with Crippen LogP contribution < -0.4 is 4.74 Å². The summed E-state index contributed by atoms with van der Waals surface area (Å²) in [6, 6.07) is 14.5. The summed E-state index contributed by atoms with van der Waals surface area (Å²) in [6.07, 6.45) is 0.966. The van der Waals surface area contributed by atoms with E-state index in [9.17, 15) is 0 Å². The van der Waals surface area contributed by atoms with Gasteiger partial charge in [0.2, 0.25) is 0 Å². The number of hydrogen-bond acceptors (Lipinski definition) is 3. The Morgan fingerprint density at radius 2 is 1.91 bits per heavy atom. The minimum Gasteiger partial charge on any atom is -0.486 e. The van der Waals surface area contributed by atoms with Gasteiger partial charge in [0.1, 0.15) is 18.2 Å². The molecule has 1 aromatic heterocycles. The average molecular weight is 326 g/mol. The van der Waals surface area contributed by atoms with Crippen LogP contribution in [0, 0.1) is 6.92 Å². The molecule has 0 bridgehead atoms. The van der Waals surface area contributed by atoms with Crippen molar-refractivity contribution in [2.45, 2.75) is 32.1 Å². The quantitative estimate of drug-likeness (QED) is 0.707. The third-order valence-corrected chi connectivity index (χ3v) is 4.13. The summed E-state index contributed by atoms with van der Waals surface area (Å²) in [6.45, 7) is 4.66. The Morgan fingerprint density at radius 1 is 1.17 bits per heavy atom. The molecule has 0 aliphatic carbocycles.